The Bertz CT molecular complexity index is 1250. The SMILES string of the molecule is Cc1cc(NC(=O)/C=C\c2ccccc2)n(-c2nc3c(cnn3C)c(=O)[nH]2)n1. The highest BCUT2D eigenvalue weighted by Crippen LogP contribution is 2.15. The van der Waals surface area contributed by atoms with Gasteiger partial charge in [-0.3, -0.25) is 19.3 Å². The van der Waals surface area contributed by atoms with Crippen molar-refractivity contribution in [3.05, 3.63) is 70.3 Å². The van der Waals surface area contributed by atoms with Gasteiger partial charge in [0.05, 0.1) is 11.9 Å². The number of amides is 1. The molecule has 4 aromatic rings. The zero-order valence-electron chi connectivity index (χ0n) is 15.2. The number of fused-ring (bicyclic) bond motifs is 1. The Kier molecular flexibility index (Phi) is 4.32. The topological polar surface area (TPSA) is 110 Å². The number of aromatic nitrogens is 6. The third-order valence-electron chi connectivity index (χ3n) is 4.10. The molecule has 1 aromatic carbocycles. The average molecular weight is 375 g/mol. The average Bonchev–Trinajstić information content (AvgIpc) is 3.24. The fraction of sp³-hybridized carbons (Fsp3) is 0.105. The van der Waals surface area contributed by atoms with Gasteiger partial charge in [0.2, 0.25) is 11.9 Å². The molecule has 0 fully saturated rings. The van der Waals surface area contributed by atoms with Crippen LogP contribution in [0.2, 0.25) is 0 Å². The van der Waals surface area contributed by atoms with Gasteiger partial charge in [0.1, 0.15) is 11.2 Å². The molecule has 2 N–H and O–H groups in total. The second-order valence-corrected chi connectivity index (χ2v) is 6.21. The van der Waals surface area contributed by atoms with Gasteiger partial charge in [0.25, 0.3) is 5.56 Å². The fourth-order valence-corrected chi connectivity index (χ4v) is 2.78. The van der Waals surface area contributed by atoms with Gasteiger partial charge in [0.15, 0.2) is 5.65 Å². The van der Waals surface area contributed by atoms with E-state index in [1.165, 1.54) is 21.6 Å². The summed E-state index contributed by atoms with van der Waals surface area (Å²) in [6.07, 6.45) is 4.60. The second-order valence-electron chi connectivity index (χ2n) is 6.21. The summed E-state index contributed by atoms with van der Waals surface area (Å²) < 4.78 is 2.89. The molecule has 140 valence electrons. The van der Waals surface area contributed by atoms with E-state index in [4.69, 9.17) is 0 Å². The largest absolute Gasteiger partial charge is 0.307 e. The first kappa shape index (κ1) is 17.4. The number of carbonyl (C=O) groups excluding carboxylic acids is 1. The number of nitrogens with one attached hydrogen (secondary N) is 2. The van der Waals surface area contributed by atoms with Gasteiger partial charge >= 0.3 is 0 Å². The molecule has 0 spiro atoms. The molecule has 9 heteroatoms. The van der Waals surface area contributed by atoms with E-state index in [1.807, 2.05) is 30.3 Å². The van der Waals surface area contributed by atoms with Crippen molar-refractivity contribution in [1.29, 1.82) is 0 Å². The Morgan fingerprint density at radius 3 is 2.82 bits per heavy atom. The molecule has 0 aliphatic carbocycles. The molecule has 4 rings (SSSR count). The Balaban J connectivity index is 1.66. The van der Waals surface area contributed by atoms with E-state index >= 15 is 0 Å². The molecule has 3 heterocycles. The standard InChI is InChI=1S/C19H17N7O2/c1-12-10-15(21-16(27)9-8-13-6-4-3-5-7-13)26(24-12)19-22-17-14(18(28)23-19)11-20-25(17)2/h3-11H,1-2H3,(H,21,27)(H,22,23,28)/b9-8-. The van der Waals surface area contributed by atoms with Crippen LogP contribution in [0.25, 0.3) is 23.1 Å². The number of nitrogens with zero attached hydrogens (tertiary/aromatic N) is 5. The van der Waals surface area contributed by atoms with E-state index in [-0.39, 0.29) is 17.4 Å². The van der Waals surface area contributed by atoms with Crippen LogP contribution in [0.5, 0.6) is 0 Å². The second kappa shape index (κ2) is 6.95. The third-order valence-corrected chi connectivity index (χ3v) is 4.10. The summed E-state index contributed by atoms with van der Waals surface area (Å²) in [6.45, 7) is 1.78. The maximum absolute atomic E-state index is 12.3. The number of aromatic amines is 1. The van der Waals surface area contributed by atoms with Crippen LogP contribution in [0.15, 0.2) is 53.5 Å². The van der Waals surface area contributed by atoms with Crippen LogP contribution in [-0.2, 0) is 11.8 Å². The maximum Gasteiger partial charge on any atom is 0.263 e. The summed E-state index contributed by atoms with van der Waals surface area (Å²) >= 11 is 0. The molecule has 0 radical (unpaired) electrons. The summed E-state index contributed by atoms with van der Waals surface area (Å²) in [4.78, 5) is 31.7. The monoisotopic (exact) mass is 375 g/mol. The Hall–Kier alpha value is -4.01. The summed E-state index contributed by atoms with van der Waals surface area (Å²) in [5.41, 5.74) is 1.67. The molecule has 0 saturated carbocycles. The highest BCUT2D eigenvalue weighted by molar-refractivity contribution is 6.01. The van der Waals surface area contributed by atoms with Crippen molar-refractivity contribution >= 4 is 28.8 Å². The number of anilines is 1. The van der Waals surface area contributed by atoms with Gasteiger partial charge < -0.3 is 5.32 Å². The number of rotatable bonds is 4. The number of aryl methyl sites for hydroxylation is 2. The first-order valence-corrected chi connectivity index (χ1v) is 8.54. The van der Waals surface area contributed by atoms with Crippen LogP contribution in [0.3, 0.4) is 0 Å². The minimum absolute atomic E-state index is 0.191. The molecule has 28 heavy (non-hydrogen) atoms. The number of carbonyl (C=O) groups is 1. The van der Waals surface area contributed by atoms with Gasteiger partial charge in [-0.1, -0.05) is 30.3 Å². The van der Waals surface area contributed by atoms with Crippen molar-refractivity contribution in [2.45, 2.75) is 6.92 Å². The molecule has 0 unspecified atom stereocenters. The predicted octanol–water partition coefficient (Wildman–Crippen LogP) is 1.80. The van der Waals surface area contributed by atoms with Crippen LogP contribution >= 0.6 is 0 Å². The molecule has 0 saturated heterocycles. The first-order valence-electron chi connectivity index (χ1n) is 8.54. The quantitative estimate of drug-likeness (QED) is 0.529. The Labute approximate surface area is 159 Å². The van der Waals surface area contributed by atoms with Gasteiger partial charge in [-0.05, 0) is 18.6 Å². The highest BCUT2D eigenvalue weighted by atomic mass is 16.1. The maximum atomic E-state index is 12.3. The van der Waals surface area contributed by atoms with Crippen molar-refractivity contribution in [3.63, 3.8) is 0 Å². The van der Waals surface area contributed by atoms with Gasteiger partial charge in [0, 0.05) is 19.2 Å². The number of benzene rings is 1. The molecule has 0 atom stereocenters. The lowest BCUT2D eigenvalue weighted by Crippen LogP contribution is -2.18. The number of hydrogen-bond acceptors (Lipinski definition) is 5. The molecule has 9 nitrogen and oxygen atoms in total. The summed E-state index contributed by atoms with van der Waals surface area (Å²) in [6, 6.07) is 11.2. The van der Waals surface area contributed by atoms with Gasteiger partial charge in [-0.2, -0.15) is 19.9 Å². The van der Waals surface area contributed by atoms with Crippen molar-refractivity contribution in [2.75, 3.05) is 5.32 Å². The van der Waals surface area contributed by atoms with Crippen LogP contribution in [0, 0.1) is 6.92 Å². The van der Waals surface area contributed by atoms with Crippen LogP contribution in [0.4, 0.5) is 5.82 Å². The molecular weight excluding hydrogens is 358 g/mol. The molecular formula is C19H17N7O2. The van der Waals surface area contributed by atoms with Crippen molar-refractivity contribution in [1.82, 2.24) is 29.5 Å². The van der Waals surface area contributed by atoms with E-state index in [1.54, 1.807) is 26.1 Å². The predicted molar refractivity (Wildman–Crippen MR) is 105 cm³/mol. The molecule has 1 amide bonds. The van der Waals surface area contributed by atoms with Crippen LogP contribution in [0.1, 0.15) is 11.3 Å². The lowest BCUT2D eigenvalue weighted by Gasteiger charge is -2.07. The van der Waals surface area contributed by atoms with Gasteiger partial charge in [-0.25, -0.2) is 0 Å². The summed E-state index contributed by atoms with van der Waals surface area (Å²) in [5, 5.41) is 11.5. The highest BCUT2D eigenvalue weighted by Gasteiger charge is 2.14. The van der Waals surface area contributed by atoms with E-state index in [0.717, 1.165) is 5.56 Å². The fourth-order valence-electron chi connectivity index (χ4n) is 2.78. The Morgan fingerprint density at radius 1 is 1.25 bits per heavy atom. The third kappa shape index (κ3) is 3.32. The van der Waals surface area contributed by atoms with Crippen LogP contribution < -0.4 is 10.9 Å². The van der Waals surface area contributed by atoms with Crippen molar-refractivity contribution < 1.29 is 4.79 Å². The van der Waals surface area contributed by atoms with Gasteiger partial charge in [-0.15, -0.1) is 0 Å². The first-order chi connectivity index (χ1) is 13.5. The summed E-state index contributed by atoms with van der Waals surface area (Å²) in [7, 11) is 1.70. The Morgan fingerprint density at radius 2 is 2.04 bits per heavy atom. The molecule has 0 aliphatic heterocycles. The van der Waals surface area contributed by atoms with Crippen LogP contribution in [-0.4, -0.2) is 35.4 Å². The summed E-state index contributed by atoms with van der Waals surface area (Å²) in [5.74, 6) is 0.260. The smallest absolute Gasteiger partial charge is 0.263 e. The zero-order valence-corrected chi connectivity index (χ0v) is 15.2. The molecule has 3 aromatic heterocycles. The zero-order chi connectivity index (χ0) is 19.7. The molecule has 0 bridgehead atoms. The van der Waals surface area contributed by atoms with E-state index < -0.39 is 0 Å². The van der Waals surface area contributed by atoms with Crippen molar-refractivity contribution in [3.8, 4) is 5.95 Å². The minimum Gasteiger partial charge on any atom is -0.307 e. The number of H-pyrrole nitrogens is 1. The molecule has 0 aliphatic rings. The lowest BCUT2D eigenvalue weighted by atomic mass is 10.2. The van der Waals surface area contributed by atoms with E-state index in [0.29, 0.717) is 22.5 Å². The minimum atomic E-state index is -0.331. The van der Waals surface area contributed by atoms with E-state index in [2.05, 4.69) is 25.5 Å². The number of hydrogen-bond donors (Lipinski definition) is 2. The lowest BCUT2D eigenvalue weighted by molar-refractivity contribution is -0.111. The normalized spacial score (nSPS) is 11.4. The van der Waals surface area contributed by atoms with Crippen molar-refractivity contribution in [2.24, 2.45) is 7.05 Å². The van der Waals surface area contributed by atoms with E-state index in [9.17, 15) is 9.59 Å².